The maximum absolute atomic E-state index is 10.4. The van der Waals surface area contributed by atoms with Crippen LogP contribution in [0.25, 0.3) is 6.08 Å². The van der Waals surface area contributed by atoms with Gasteiger partial charge in [-0.05, 0) is 23.8 Å². The maximum atomic E-state index is 10.4. The lowest BCUT2D eigenvalue weighted by atomic mass is 10.1. The van der Waals surface area contributed by atoms with E-state index in [0.717, 1.165) is 5.56 Å². The standard InChI is InChI=1S/C10H7ClN2O2/c11-6-9(7-12)5-8-1-3-10(4-2-8)13(14)15/h1-5H,6H2/b9-5-. The molecule has 0 fully saturated rings. The molecule has 4 nitrogen and oxygen atoms in total. The van der Waals surface area contributed by atoms with Gasteiger partial charge >= 0.3 is 0 Å². The Labute approximate surface area is 91.6 Å². The fourth-order valence-electron chi connectivity index (χ4n) is 0.994. The lowest BCUT2D eigenvalue weighted by Gasteiger charge is -1.94. The van der Waals surface area contributed by atoms with E-state index in [-0.39, 0.29) is 11.6 Å². The smallest absolute Gasteiger partial charge is 0.258 e. The van der Waals surface area contributed by atoms with E-state index in [1.54, 1.807) is 18.2 Å². The van der Waals surface area contributed by atoms with Crippen LogP contribution >= 0.6 is 11.6 Å². The number of nitro benzene ring substituents is 1. The summed E-state index contributed by atoms with van der Waals surface area (Å²) in [5.74, 6) is 0.132. The molecule has 0 saturated carbocycles. The van der Waals surface area contributed by atoms with Crippen molar-refractivity contribution < 1.29 is 4.92 Å². The van der Waals surface area contributed by atoms with Crippen molar-refractivity contribution >= 4 is 23.4 Å². The highest BCUT2D eigenvalue weighted by atomic mass is 35.5. The third-order valence-electron chi connectivity index (χ3n) is 1.73. The zero-order chi connectivity index (χ0) is 11.3. The quantitative estimate of drug-likeness (QED) is 0.342. The highest BCUT2D eigenvalue weighted by Gasteiger charge is 2.03. The largest absolute Gasteiger partial charge is 0.269 e. The van der Waals surface area contributed by atoms with Gasteiger partial charge in [-0.2, -0.15) is 5.26 Å². The van der Waals surface area contributed by atoms with Gasteiger partial charge in [0.2, 0.25) is 0 Å². The third kappa shape index (κ3) is 3.08. The molecule has 0 unspecified atom stereocenters. The van der Waals surface area contributed by atoms with Crippen LogP contribution in [0, 0.1) is 21.4 Å². The van der Waals surface area contributed by atoms with Crippen molar-refractivity contribution in [2.45, 2.75) is 0 Å². The summed E-state index contributed by atoms with van der Waals surface area (Å²) in [7, 11) is 0. The molecule has 0 heterocycles. The Kier molecular flexibility index (Phi) is 3.83. The van der Waals surface area contributed by atoms with Crippen LogP contribution in [-0.4, -0.2) is 10.8 Å². The highest BCUT2D eigenvalue weighted by Crippen LogP contribution is 2.14. The number of nitro groups is 1. The van der Waals surface area contributed by atoms with Crippen molar-refractivity contribution in [3.05, 3.63) is 45.5 Å². The summed E-state index contributed by atoms with van der Waals surface area (Å²) in [6.07, 6.45) is 1.59. The minimum Gasteiger partial charge on any atom is -0.258 e. The van der Waals surface area contributed by atoms with E-state index < -0.39 is 4.92 Å². The Hall–Kier alpha value is -1.86. The van der Waals surface area contributed by atoms with Crippen LogP contribution in [0.2, 0.25) is 0 Å². The molecular formula is C10H7ClN2O2. The Morgan fingerprint density at radius 1 is 1.53 bits per heavy atom. The molecule has 0 spiro atoms. The summed E-state index contributed by atoms with van der Waals surface area (Å²) in [5.41, 5.74) is 1.17. The first-order valence-corrected chi connectivity index (χ1v) is 4.62. The first-order chi connectivity index (χ1) is 7.17. The number of alkyl halides is 1. The van der Waals surface area contributed by atoms with Crippen molar-refractivity contribution in [3.63, 3.8) is 0 Å². The number of nitriles is 1. The second-order valence-corrected chi connectivity index (χ2v) is 3.03. The van der Waals surface area contributed by atoms with Crippen LogP contribution in [0.3, 0.4) is 0 Å². The van der Waals surface area contributed by atoms with Gasteiger partial charge in [0, 0.05) is 17.7 Å². The van der Waals surface area contributed by atoms with Gasteiger partial charge in [-0.15, -0.1) is 11.6 Å². The third-order valence-corrected chi connectivity index (χ3v) is 2.02. The minimum atomic E-state index is -0.472. The van der Waals surface area contributed by atoms with E-state index in [9.17, 15) is 10.1 Å². The molecule has 0 aliphatic heterocycles. The predicted octanol–water partition coefficient (Wildman–Crippen LogP) is 2.74. The summed E-state index contributed by atoms with van der Waals surface area (Å²) in [4.78, 5) is 9.89. The first kappa shape index (κ1) is 11.2. The fourth-order valence-corrected chi connectivity index (χ4v) is 1.13. The number of hydrogen-bond donors (Lipinski definition) is 0. The first-order valence-electron chi connectivity index (χ1n) is 4.08. The van der Waals surface area contributed by atoms with Crippen molar-refractivity contribution in [1.29, 1.82) is 5.26 Å². The van der Waals surface area contributed by atoms with E-state index >= 15 is 0 Å². The van der Waals surface area contributed by atoms with Crippen molar-refractivity contribution in [3.8, 4) is 6.07 Å². The Balaban J connectivity index is 2.95. The van der Waals surface area contributed by atoms with Crippen molar-refractivity contribution in [2.24, 2.45) is 0 Å². The van der Waals surface area contributed by atoms with E-state index in [4.69, 9.17) is 16.9 Å². The number of rotatable bonds is 3. The topological polar surface area (TPSA) is 66.9 Å². The van der Waals surface area contributed by atoms with Gasteiger partial charge in [-0.3, -0.25) is 10.1 Å². The zero-order valence-corrected chi connectivity index (χ0v) is 8.44. The van der Waals surface area contributed by atoms with Gasteiger partial charge in [0.25, 0.3) is 5.69 Å². The minimum absolute atomic E-state index is 0.0246. The van der Waals surface area contributed by atoms with E-state index in [0.29, 0.717) is 5.57 Å². The lowest BCUT2D eigenvalue weighted by Crippen LogP contribution is -1.87. The molecule has 0 aliphatic carbocycles. The Morgan fingerprint density at radius 3 is 2.53 bits per heavy atom. The van der Waals surface area contributed by atoms with Gasteiger partial charge in [0.1, 0.15) is 0 Å². The lowest BCUT2D eigenvalue weighted by molar-refractivity contribution is -0.384. The van der Waals surface area contributed by atoms with Crippen LogP contribution in [-0.2, 0) is 0 Å². The van der Waals surface area contributed by atoms with E-state index in [2.05, 4.69) is 0 Å². The molecule has 1 aromatic rings. The van der Waals surface area contributed by atoms with Crippen LogP contribution in [0.15, 0.2) is 29.8 Å². The van der Waals surface area contributed by atoms with E-state index in [1.807, 2.05) is 6.07 Å². The maximum Gasteiger partial charge on any atom is 0.269 e. The number of hydrogen-bond acceptors (Lipinski definition) is 3. The average Bonchev–Trinajstić information content (AvgIpc) is 2.26. The number of nitrogens with zero attached hydrogens (tertiary/aromatic N) is 2. The molecule has 5 heteroatoms. The molecule has 0 bridgehead atoms. The molecule has 76 valence electrons. The second kappa shape index (κ2) is 5.13. The monoisotopic (exact) mass is 222 g/mol. The molecule has 15 heavy (non-hydrogen) atoms. The molecule has 0 amide bonds. The Morgan fingerprint density at radius 2 is 2.13 bits per heavy atom. The molecule has 0 aliphatic rings. The molecule has 0 atom stereocenters. The summed E-state index contributed by atoms with van der Waals surface area (Å²) >= 11 is 5.50. The van der Waals surface area contributed by atoms with Gasteiger partial charge in [-0.1, -0.05) is 0 Å². The summed E-state index contributed by atoms with van der Waals surface area (Å²) in [5, 5.41) is 19.0. The van der Waals surface area contributed by atoms with Crippen molar-refractivity contribution in [1.82, 2.24) is 0 Å². The molecule has 0 radical (unpaired) electrons. The van der Waals surface area contributed by atoms with Gasteiger partial charge in [0.15, 0.2) is 0 Å². The van der Waals surface area contributed by atoms with Crippen LogP contribution < -0.4 is 0 Å². The molecule has 0 N–H and O–H groups in total. The molecule has 1 aromatic carbocycles. The highest BCUT2D eigenvalue weighted by molar-refractivity contribution is 6.20. The molecule has 1 rings (SSSR count). The van der Waals surface area contributed by atoms with Gasteiger partial charge in [0.05, 0.1) is 16.9 Å². The second-order valence-electron chi connectivity index (χ2n) is 2.76. The van der Waals surface area contributed by atoms with Crippen LogP contribution in [0.1, 0.15) is 5.56 Å². The predicted molar refractivity (Wildman–Crippen MR) is 57.4 cm³/mol. The zero-order valence-electron chi connectivity index (χ0n) is 7.68. The van der Waals surface area contributed by atoms with Crippen LogP contribution in [0.5, 0.6) is 0 Å². The SMILES string of the molecule is N#C/C(=C\c1ccc([N+](=O)[O-])cc1)CCl. The molecule has 0 saturated heterocycles. The van der Waals surface area contributed by atoms with Gasteiger partial charge < -0.3 is 0 Å². The van der Waals surface area contributed by atoms with E-state index in [1.165, 1.54) is 12.1 Å². The summed E-state index contributed by atoms with van der Waals surface area (Å²) < 4.78 is 0. The Bertz CT molecular complexity index is 432. The number of benzene rings is 1. The summed E-state index contributed by atoms with van der Waals surface area (Å²) in [6.45, 7) is 0. The molecular weight excluding hydrogens is 216 g/mol. The van der Waals surface area contributed by atoms with Gasteiger partial charge in [-0.25, -0.2) is 0 Å². The number of non-ortho nitro benzene ring substituents is 1. The van der Waals surface area contributed by atoms with Crippen LogP contribution in [0.4, 0.5) is 5.69 Å². The van der Waals surface area contributed by atoms with Crippen molar-refractivity contribution in [2.75, 3.05) is 5.88 Å². The summed E-state index contributed by atoms with van der Waals surface area (Å²) in [6, 6.07) is 7.84. The molecule has 0 aromatic heterocycles. The normalized spacial score (nSPS) is 10.8. The average molecular weight is 223 g/mol. The number of allylic oxidation sites excluding steroid dienone is 1. The number of halogens is 1. The fraction of sp³-hybridized carbons (Fsp3) is 0.100.